The van der Waals surface area contributed by atoms with Gasteiger partial charge in [-0.3, -0.25) is 0 Å². The van der Waals surface area contributed by atoms with Gasteiger partial charge in [-0.2, -0.15) is 0 Å². The summed E-state index contributed by atoms with van der Waals surface area (Å²) >= 11 is 2.59. The molecule has 3 aliphatic carbocycles. The van der Waals surface area contributed by atoms with E-state index in [1.165, 1.54) is 57.8 Å². The van der Waals surface area contributed by atoms with Crippen LogP contribution in [0.2, 0.25) is 0 Å². The highest BCUT2D eigenvalue weighted by Gasteiger charge is 2.48. The van der Waals surface area contributed by atoms with Crippen LogP contribution >= 0.6 is 22.6 Å². The molecule has 3 aliphatic rings. The maximum atomic E-state index is 13.2. The molecule has 24 heavy (non-hydrogen) atoms. The van der Waals surface area contributed by atoms with E-state index in [4.69, 9.17) is 0 Å². The minimum atomic E-state index is -2.49. The van der Waals surface area contributed by atoms with E-state index in [0.717, 1.165) is 23.2 Å². The summed E-state index contributed by atoms with van der Waals surface area (Å²) in [6.45, 7) is 3.41. The molecule has 2 saturated carbocycles. The Morgan fingerprint density at radius 2 is 1.92 bits per heavy atom. The van der Waals surface area contributed by atoms with Gasteiger partial charge >= 0.3 is 0 Å². The van der Waals surface area contributed by atoms with Crippen molar-refractivity contribution in [2.24, 2.45) is 23.2 Å². The van der Waals surface area contributed by atoms with Gasteiger partial charge in [0.2, 0.25) is 5.92 Å². The number of rotatable bonds is 6. The van der Waals surface area contributed by atoms with Gasteiger partial charge in [0, 0.05) is 10.3 Å². The highest BCUT2D eigenvalue weighted by atomic mass is 127. The van der Waals surface area contributed by atoms with Crippen LogP contribution in [-0.2, 0) is 0 Å². The van der Waals surface area contributed by atoms with Gasteiger partial charge in [0.25, 0.3) is 0 Å². The number of hydrogen-bond donors (Lipinski definition) is 0. The molecule has 2 fully saturated rings. The van der Waals surface area contributed by atoms with E-state index in [-0.39, 0.29) is 6.42 Å². The maximum Gasteiger partial charge on any atom is 0.245 e. The standard InChI is InChI=1S/C21H33F2I/c1-15-11-16(7-8-20(2,22)23)13-17(12-15)14-21(9-10-21)18-3-5-19(24)6-4-18/h3,15-17,19H,4-14H2,1-2H3. The summed E-state index contributed by atoms with van der Waals surface area (Å²) in [5, 5.41) is 0. The van der Waals surface area contributed by atoms with E-state index in [1.54, 1.807) is 5.57 Å². The molecule has 0 nitrogen and oxygen atoms in total. The first-order valence-corrected chi connectivity index (χ1v) is 11.2. The van der Waals surface area contributed by atoms with E-state index in [2.05, 4.69) is 35.6 Å². The zero-order chi connectivity index (χ0) is 17.4. The molecule has 0 aromatic carbocycles. The normalized spacial score (nSPS) is 36.3. The van der Waals surface area contributed by atoms with Crippen LogP contribution in [0.15, 0.2) is 11.6 Å². The Morgan fingerprint density at radius 1 is 1.21 bits per heavy atom. The Hall–Kier alpha value is 0.330. The Balaban J connectivity index is 1.56. The van der Waals surface area contributed by atoms with Crippen molar-refractivity contribution in [3.8, 4) is 0 Å². The van der Waals surface area contributed by atoms with Crippen LogP contribution in [0.25, 0.3) is 0 Å². The topological polar surface area (TPSA) is 0 Å². The minimum absolute atomic E-state index is 0.0739. The smallest absolute Gasteiger partial charge is 0.207 e. The van der Waals surface area contributed by atoms with Crippen molar-refractivity contribution in [2.75, 3.05) is 0 Å². The lowest BCUT2D eigenvalue weighted by molar-refractivity contribution is 0.00212. The van der Waals surface area contributed by atoms with Gasteiger partial charge in [-0.05, 0) is 94.3 Å². The van der Waals surface area contributed by atoms with Crippen molar-refractivity contribution >= 4 is 22.6 Å². The second-order valence-electron chi connectivity index (χ2n) is 9.24. The highest BCUT2D eigenvalue weighted by molar-refractivity contribution is 14.1. The fourth-order valence-corrected chi connectivity index (χ4v) is 5.97. The van der Waals surface area contributed by atoms with E-state index in [1.807, 2.05) is 0 Å². The summed E-state index contributed by atoms with van der Waals surface area (Å²) in [5.41, 5.74) is 2.28. The van der Waals surface area contributed by atoms with Crippen molar-refractivity contribution in [2.45, 2.75) is 94.3 Å². The van der Waals surface area contributed by atoms with Crippen LogP contribution in [0.4, 0.5) is 8.78 Å². The van der Waals surface area contributed by atoms with Gasteiger partial charge in [-0.15, -0.1) is 0 Å². The quantitative estimate of drug-likeness (QED) is 0.223. The van der Waals surface area contributed by atoms with Gasteiger partial charge in [0.05, 0.1) is 0 Å². The van der Waals surface area contributed by atoms with Gasteiger partial charge in [0.15, 0.2) is 0 Å². The molecule has 0 aromatic heterocycles. The van der Waals surface area contributed by atoms with Crippen molar-refractivity contribution in [3.63, 3.8) is 0 Å². The van der Waals surface area contributed by atoms with Gasteiger partial charge in [0.1, 0.15) is 0 Å². The average molecular weight is 450 g/mol. The molecule has 0 saturated heterocycles. The zero-order valence-corrected chi connectivity index (χ0v) is 17.5. The van der Waals surface area contributed by atoms with Crippen molar-refractivity contribution < 1.29 is 8.78 Å². The molecule has 0 amide bonds. The Kier molecular flexibility index (Phi) is 5.99. The number of alkyl halides is 3. The van der Waals surface area contributed by atoms with Crippen molar-refractivity contribution in [1.29, 1.82) is 0 Å². The molecule has 3 rings (SSSR count). The first kappa shape index (κ1) is 19.1. The molecular formula is C21H33F2I. The molecule has 4 unspecified atom stereocenters. The van der Waals surface area contributed by atoms with Crippen LogP contribution < -0.4 is 0 Å². The van der Waals surface area contributed by atoms with E-state index in [9.17, 15) is 8.78 Å². The van der Waals surface area contributed by atoms with Gasteiger partial charge in [-0.1, -0.05) is 41.2 Å². The molecule has 3 heteroatoms. The van der Waals surface area contributed by atoms with Crippen LogP contribution in [0.5, 0.6) is 0 Å². The maximum absolute atomic E-state index is 13.2. The van der Waals surface area contributed by atoms with Crippen LogP contribution in [0.1, 0.15) is 84.5 Å². The van der Waals surface area contributed by atoms with Crippen LogP contribution in [-0.4, -0.2) is 9.85 Å². The highest BCUT2D eigenvalue weighted by Crippen LogP contribution is 2.60. The van der Waals surface area contributed by atoms with Crippen molar-refractivity contribution in [1.82, 2.24) is 0 Å². The Morgan fingerprint density at radius 3 is 2.50 bits per heavy atom. The fourth-order valence-electron chi connectivity index (χ4n) is 5.40. The van der Waals surface area contributed by atoms with E-state index < -0.39 is 5.92 Å². The average Bonchev–Trinajstić information content (AvgIpc) is 3.25. The van der Waals surface area contributed by atoms with Gasteiger partial charge < -0.3 is 0 Å². The molecule has 0 aliphatic heterocycles. The zero-order valence-electron chi connectivity index (χ0n) is 15.3. The SMILES string of the molecule is CC1CC(CCC(C)(F)F)CC(CC2(C3=CCC(I)CC3)CC2)C1. The first-order chi connectivity index (χ1) is 11.3. The fraction of sp³-hybridized carbons (Fsp3) is 0.905. The molecule has 4 atom stereocenters. The molecule has 0 aromatic rings. The van der Waals surface area contributed by atoms with E-state index in [0.29, 0.717) is 17.3 Å². The third-order valence-corrected chi connectivity index (χ3v) is 7.82. The second kappa shape index (κ2) is 7.52. The molecule has 0 bridgehead atoms. The summed E-state index contributed by atoms with van der Waals surface area (Å²) < 4.78 is 27.3. The lowest BCUT2D eigenvalue weighted by Gasteiger charge is -2.37. The summed E-state index contributed by atoms with van der Waals surface area (Å²) in [6, 6.07) is 0. The first-order valence-electron chi connectivity index (χ1n) is 9.97. The summed E-state index contributed by atoms with van der Waals surface area (Å²) in [4.78, 5) is 0. The molecule has 138 valence electrons. The van der Waals surface area contributed by atoms with E-state index >= 15 is 0 Å². The third kappa shape index (κ3) is 5.17. The third-order valence-electron chi connectivity index (χ3n) is 6.69. The number of allylic oxidation sites excluding steroid dienone is 2. The Bertz CT molecular complexity index is 461. The molecule has 0 N–H and O–H groups in total. The predicted octanol–water partition coefficient (Wildman–Crippen LogP) is 7.56. The molecule has 0 heterocycles. The number of halogens is 3. The molecule has 0 spiro atoms. The second-order valence-corrected chi connectivity index (χ2v) is 11.0. The number of hydrogen-bond acceptors (Lipinski definition) is 0. The molecule has 0 radical (unpaired) electrons. The monoisotopic (exact) mass is 450 g/mol. The largest absolute Gasteiger partial charge is 0.245 e. The van der Waals surface area contributed by atoms with Crippen LogP contribution in [0, 0.1) is 23.2 Å². The van der Waals surface area contributed by atoms with Gasteiger partial charge in [-0.25, -0.2) is 8.78 Å². The Labute approximate surface area is 160 Å². The summed E-state index contributed by atoms with van der Waals surface area (Å²) in [6.07, 6.45) is 15.1. The molecular weight excluding hydrogens is 417 g/mol. The minimum Gasteiger partial charge on any atom is -0.207 e. The summed E-state index contributed by atoms with van der Waals surface area (Å²) in [5.74, 6) is -0.477. The van der Waals surface area contributed by atoms with Crippen LogP contribution in [0.3, 0.4) is 0 Å². The lowest BCUT2D eigenvalue weighted by atomic mass is 9.69. The van der Waals surface area contributed by atoms with Crippen molar-refractivity contribution in [3.05, 3.63) is 11.6 Å². The summed E-state index contributed by atoms with van der Waals surface area (Å²) in [7, 11) is 0. The predicted molar refractivity (Wildman–Crippen MR) is 106 cm³/mol. The lowest BCUT2D eigenvalue weighted by Crippen LogP contribution is -2.26.